The monoisotopic (exact) mass is 241 g/mol. The van der Waals surface area contributed by atoms with Crippen molar-refractivity contribution in [1.82, 2.24) is 4.90 Å². The van der Waals surface area contributed by atoms with Gasteiger partial charge < -0.3 is 9.47 Å². The van der Waals surface area contributed by atoms with Crippen LogP contribution in [-0.2, 0) is 9.47 Å². The average molecular weight is 241 g/mol. The molecule has 3 nitrogen and oxygen atoms in total. The maximum atomic E-state index is 5.89. The normalized spacial score (nSPS) is 30.4. The molecule has 0 amide bonds. The number of likely N-dealkylation sites (tertiary alicyclic amines) is 1. The average Bonchev–Trinajstić information content (AvgIpc) is 2.72. The Labute approximate surface area is 105 Å². The first-order valence-corrected chi connectivity index (χ1v) is 6.69. The van der Waals surface area contributed by atoms with E-state index in [4.69, 9.17) is 9.47 Å². The van der Waals surface area contributed by atoms with Crippen LogP contribution in [0.2, 0.25) is 0 Å². The van der Waals surface area contributed by atoms with Crippen LogP contribution in [0.15, 0.2) is 0 Å². The zero-order chi connectivity index (χ0) is 12.9. The molecule has 0 radical (unpaired) electrons. The molecular weight excluding hydrogens is 214 g/mol. The predicted octanol–water partition coefficient (Wildman–Crippen LogP) is 2.65. The van der Waals surface area contributed by atoms with E-state index < -0.39 is 0 Å². The zero-order valence-corrected chi connectivity index (χ0v) is 12.2. The van der Waals surface area contributed by atoms with Crippen LogP contribution in [-0.4, -0.2) is 42.0 Å². The molecule has 2 heterocycles. The molecule has 2 saturated heterocycles. The van der Waals surface area contributed by atoms with Gasteiger partial charge in [0.05, 0.1) is 19.8 Å². The summed E-state index contributed by atoms with van der Waals surface area (Å²) in [6.45, 7) is 16.2. The minimum atomic E-state index is -0.328. The Morgan fingerprint density at radius 1 is 1.00 bits per heavy atom. The summed E-state index contributed by atoms with van der Waals surface area (Å²) in [5.41, 5.74) is 0.419. The molecule has 2 aliphatic rings. The zero-order valence-electron chi connectivity index (χ0n) is 12.2. The molecule has 0 aromatic carbocycles. The van der Waals surface area contributed by atoms with Crippen molar-refractivity contribution in [3.8, 4) is 0 Å². The molecule has 0 bridgehead atoms. The van der Waals surface area contributed by atoms with Gasteiger partial charge in [-0.2, -0.15) is 0 Å². The minimum absolute atomic E-state index is 0.163. The van der Waals surface area contributed by atoms with Crippen LogP contribution < -0.4 is 0 Å². The molecule has 0 saturated carbocycles. The lowest BCUT2D eigenvalue weighted by Crippen LogP contribution is -2.50. The molecule has 1 spiro atoms. The summed E-state index contributed by atoms with van der Waals surface area (Å²) >= 11 is 0. The van der Waals surface area contributed by atoms with Crippen LogP contribution in [0.1, 0.15) is 48.0 Å². The number of ether oxygens (including phenoxy) is 2. The molecule has 0 aromatic rings. The summed E-state index contributed by atoms with van der Waals surface area (Å²) in [4.78, 5) is 2.55. The summed E-state index contributed by atoms with van der Waals surface area (Å²) in [7, 11) is 0. The van der Waals surface area contributed by atoms with Crippen molar-refractivity contribution in [2.24, 2.45) is 5.41 Å². The SMILES string of the molecule is CC(C)(C)C1CC2(CN1C(C)(C)C)OCCO2. The second kappa shape index (κ2) is 3.94. The summed E-state index contributed by atoms with van der Waals surface area (Å²) < 4.78 is 11.8. The highest BCUT2D eigenvalue weighted by molar-refractivity contribution is 5.02. The van der Waals surface area contributed by atoms with E-state index in [0.29, 0.717) is 6.04 Å². The first kappa shape index (κ1) is 13.3. The summed E-state index contributed by atoms with van der Waals surface area (Å²) in [5, 5.41) is 0. The highest BCUT2D eigenvalue weighted by Crippen LogP contribution is 2.44. The third-order valence-electron chi connectivity index (χ3n) is 3.97. The van der Waals surface area contributed by atoms with Gasteiger partial charge in [-0.1, -0.05) is 20.8 Å². The van der Waals surface area contributed by atoms with E-state index in [9.17, 15) is 0 Å². The number of nitrogens with zero attached hydrogens (tertiary/aromatic N) is 1. The maximum Gasteiger partial charge on any atom is 0.182 e. The van der Waals surface area contributed by atoms with Crippen molar-refractivity contribution in [2.45, 2.75) is 65.3 Å². The molecule has 0 aromatic heterocycles. The topological polar surface area (TPSA) is 21.7 Å². The molecule has 0 N–H and O–H groups in total. The van der Waals surface area contributed by atoms with Crippen molar-refractivity contribution in [3.05, 3.63) is 0 Å². The van der Waals surface area contributed by atoms with Crippen LogP contribution in [0.4, 0.5) is 0 Å². The summed E-state index contributed by atoms with van der Waals surface area (Å²) in [5.74, 6) is -0.328. The molecule has 100 valence electrons. The first-order valence-electron chi connectivity index (χ1n) is 6.69. The van der Waals surface area contributed by atoms with Crippen molar-refractivity contribution < 1.29 is 9.47 Å². The third kappa shape index (κ3) is 2.51. The Morgan fingerprint density at radius 2 is 1.53 bits per heavy atom. The molecule has 0 aliphatic carbocycles. The lowest BCUT2D eigenvalue weighted by atomic mass is 9.83. The Bertz CT molecular complexity index is 258. The van der Waals surface area contributed by atoms with Crippen LogP contribution >= 0.6 is 0 Å². The van der Waals surface area contributed by atoms with Crippen LogP contribution in [0.3, 0.4) is 0 Å². The minimum Gasteiger partial charge on any atom is -0.346 e. The van der Waals surface area contributed by atoms with Gasteiger partial charge in [0.1, 0.15) is 0 Å². The van der Waals surface area contributed by atoms with Crippen LogP contribution in [0.25, 0.3) is 0 Å². The highest BCUT2D eigenvalue weighted by Gasteiger charge is 2.53. The fourth-order valence-corrected chi connectivity index (χ4v) is 3.02. The van der Waals surface area contributed by atoms with E-state index >= 15 is 0 Å². The van der Waals surface area contributed by atoms with Crippen molar-refractivity contribution >= 4 is 0 Å². The Balaban J connectivity index is 2.24. The standard InChI is InChI=1S/C14H27NO2/c1-12(2,3)11-9-14(16-7-8-17-14)10-15(11)13(4,5)6/h11H,7-10H2,1-6H3. The smallest absolute Gasteiger partial charge is 0.182 e. The molecule has 2 aliphatic heterocycles. The largest absolute Gasteiger partial charge is 0.346 e. The molecule has 17 heavy (non-hydrogen) atoms. The molecule has 1 atom stereocenters. The molecule has 3 heteroatoms. The van der Waals surface area contributed by atoms with E-state index in [1.807, 2.05) is 0 Å². The van der Waals surface area contributed by atoms with E-state index in [-0.39, 0.29) is 16.7 Å². The van der Waals surface area contributed by atoms with Crippen molar-refractivity contribution in [1.29, 1.82) is 0 Å². The van der Waals surface area contributed by atoms with Crippen molar-refractivity contribution in [2.75, 3.05) is 19.8 Å². The summed E-state index contributed by atoms with van der Waals surface area (Å²) in [6, 6.07) is 0.514. The van der Waals surface area contributed by atoms with Gasteiger partial charge in [0.25, 0.3) is 0 Å². The molecule has 2 rings (SSSR count). The predicted molar refractivity (Wildman–Crippen MR) is 69.0 cm³/mol. The lowest BCUT2D eigenvalue weighted by molar-refractivity contribution is -0.148. The molecular formula is C14H27NO2. The molecule has 1 unspecified atom stereocenters. The second-order valence-corrected chi connectivity index (χ2v) is 7.49. The second-order valence-electron chi connectivity index (χ2n) is 7.49. The van der Waals surface area contributed by atoms with Gasteiger partial charge in [0.2, 0.25) is 0 Å². The fraction of sp³-hybridized carbons (Fsp3) is 1.00. The van der Waals surface area contributed by atoms with Gasteiger partial charge in [-0.05, 0) is 26.2 Å². The first-order chi connectivity index (χ1) is 7.64. The van der Waals surface area contributed by atoms with E-state index in [2.05, 4.69) is 46.4 Å². The van der Waals surface area contributed by atoms with Crippen LogP contribution in [0, 0.1) is 5.41 Å². The quantitative estimate of drug-likeness (QED) is 0.651. The van der Waals surface area contributed by atoms with Gasteiger partial charge in [0, 0.05) is 18.0 Å². The van der Waals surface area contributed by atoms with E-state index in [0.717, 1.165) is 26.2 Å². The van der Waals surface area contributed by atoms with Gasteiger partial charge in [-0.3, -0.25) is 4.90 Å². The van der Waals surface area contributed by atoms with Gasteiger partial charge in [-0.15, -0.1) is 0 Å². The number of hydrogen-bond donors (Lipinski definition) is 0. The maximum absolute atomic E-state index is 5.89. The lowest BCUT2D eigenvalue weighted by Gasteiger charge is -2.42. The number of hydrogen-bond acceptors (Lipinski definition) is 3. The number of rotatable bonds is 0. The van der Waals surface area contributed by atoms with Gasteiger partial charge in [0.15, 0.2) is 5.79 Å². The van der Waals surface area contributed by atoms with E-state index in [1.54, 1.807) is 0 Å². The van der Waals surface area contributed by atoms with Crippen LogP contribution in [0.5, 0.6) is 0 Å². The van der Waals surface area contributed by atoms with E-state index in [1.165, 1.54) is 0 Å². The highest BCUT2D eigenvalue weighted by atomic mass is 16.7. The molecule has 2 fully saturated rings. The van der Waals surface area contributed by atoms with Gasteiger partial charge in [-0.25, -0.2) is 0 Å². The summed E-state index contributed by atoms with van der Waals surface area (Å²) in [6.07, 6.45) is 0.994. The van der Waals surface area contributed by atoms with Crippen molar-refractivity contribution in [3.63, 3.8) is 0 Å². The fourth-order valence-electron chi connectivity index (χ4n) is 3.02. The van der Waals surface area contributed by atoms with Gasteiger partial charge >= 0.3 is 0 Å². The third-order valence-corrected chi connectivity index (χ3v) is 3.97. The Morgan fingerprint density at radius 3 is 1.88 bits per heavy atom. The Kier molecular flexibility index (Phi) is 3.08. The Hall–Kier alpha value is -0.120.